The number of phenols is 1. The highest BCUT2D eigenvalue weighted by atomic mass is 16.3. The summed E-state index contributed by atoms with van der Waals surface area (Å²) in [5.41, 5.74) is 6.06. The minimum atomic E-state index is -0.181. The SMILES string of the molecule is CCn1ncc(CN(C)C(=O)c2cc(-c3ccc(NC4CN(CC#N)C4)c(C)n3)nc3ccc(O)cc23)c1C. The van der Waals surface area contributed by atoms with Crippen molar-refractivity contribution in [3.63, 3.8) is 0 Å². The summed E-state index contributed by atoms with van der Waals surface area (Å²) >= 11 is 0. The highest BCUT2D eigenvalue weighted by molar-refractivity contribution is 6.07. The first-order valence-corrected chi connectivity index (χ1v) is 13.0. The van der Waals surface area contributed by atoms with Crippen LogP contribution in [0.15, 0.2) is 42.6 Å². The number of benzene rings is 1. The molecule has 0 spiro atoms. The summed E-state index contributed by atoms with van der Waals surface area (Å²) in [7, 11) is 1.76. The molecule has 0 bridgehead atoms. The number of nitriles is 1. The van der Waals surface area contributed by atoms with E-state index in [4.69, 9.17) is 15.2 Å². The fraction of sp³-hybridized carbons (Fsp3) is 0.345. The zero-order chi connectivity index (χ0) is 27.7. The number of hydrogen-bond donors (Lipinski definition) is 2. The summed E-state index contributed by atoms with van der Waals surface area (Å²) in [5.74, 6) is -0.109. The van der Waals surface area contributed by atoms with Gasteiger partial charge in [0.05, 0.1) is 58.7 Å². The van der Waals surface area contributed by atoms with Crippen LogP contribution >= 0.6 is 0 Å². The molecule has 1 amide bonds. The Balaban J connectivity index is 1.44. The van der Waals surface area contributed by atoms with Crippen LogP contribution in [0.3, 0.4) is 0 Å². The predicted molar refractivity (Wildman–Crippen MR) is 149 cm³/mol. The first kappa shape index (κ1) is 26.1. The van der Waals surface area contributed by atoms with Gasteiger partial charge in [-0.1, -0.05) is 0 Å². The molecule has 10 heteroatoms. The number of aromatic hydroxyl groups is 1. The minimum absolute atomic E-state index is 0.0718. The lowest BCUT2D eigenvalue weighted by molar-refractivity contribution is 0.0787. The van der Waals surface area contributed by atoms with E-state index in [0.29, 0.717) is 40.9 Å². The fourth-order valence-electron chi connectivity index (χ4n) is 4.98. The quantitative estimate of drug-likeness (QED) is 0.334. The van der Waals surface area contributed by atoms with Gasteiger partial charge in [-0.25, -0.2) is 9.97 Å². The van der Waals surface area contributed by atoms with Crippen LogP contribution in [0.5, 0.6) is 5.75 Å². The van der Waals surface area contributed by atoms with E-state index in [1.807, 2.05) is 37.6 Å². The number of nitrogens with one attached hydrogen (secondary N) is 1. The van der Waals surface area contributed by atoms with Crippen LogP contribution in [0.1, 0.15) is 34.2 Å². The molecule has 0 atom stereocenters. The van der Waals surface area contributed by atoms with Crippen LogP contribution in [-0.2, 0) is 13.1 Å². The number of pyridine rings is 2. The summed E-state index contributed by atoms with van der Waals surface area (Å²) < 4.78 is 1.91. The Labute approximate surface area is 227 Å². The molecule has 39 heavy (non-hydrogen) atoms. The molecule has 10 nitrogen and oxygen atoms in total. The summed E-state index contributed by atoms with van der Waals surface area (Å²) in [6.07, 6.45) is 1.80. The van der Waals surface area contributed by atoms with Gasteiger partial charge in [0.15, 0.2) is 0 Å². The Hall–Kier alpha value is -4.49. The van der Waals surface area contributed by atoms with Gasteiger partial charge in [0.2, 0.25) is 0 Å². The van der Waals surface area contributed by atoms with E-state index in [1.165, 1.54) is 0 Å². The van der Waals surface area contributed by atoms with Crippen LogP contribution in [0.2, 0.25) is 0 Å². The molecule has 5 rings (SSSR count). The maximum absolute atomic E-state index is 13.7. The maximum Gasteiger partial charge on any atom is 0.254 e. The number of aryl methyl sites for hydroxylation is 2. The zero-order valence-corrected chi connectivity index (χ0v) is 22.6. The molecular formula is C29H32N8O2. The Morgan fingerprint density at radius 2 is 1.97 bits per heavy atom. The normalized spacial score (nSPS) is 13.7. The third-order valence-corrected chi connectivity index (χ3v) is 7.24. The Kier molecular flexibility index (Phi) is 7.17. The molecule has 1 aliphatic rings. The number of phenolic OH excluding ortho intramolecular Hbond substituents is 1. The zero-order valence-electron chi connectivity index (χ0n) is 22.6. The molecule has 0 unspecified atom stereocenters. The number of fused-ring (bicyclic) bond motifs is 1. The Bertz CT molecular complexity index is 1580. The van der Waals surface area contributed by atoms with Crippen LogP contribution < -0.4 is 5.32 Å². The Morgan fingerprint density at radius 3 is 2.67 bits per heavy atom. The van der Waals surface area contributed by atoms with Crippen molar-refractivity contribution in [2.75, 3.05) is 32.0 Å². The van der Waals surface area contributed by atoms with Crippen molar-refractivity contribution >= 4 is 22.5 Å². The van der Waals surface area contributed by atoms with Crippen molar-refractivity contribution in [1.82, 2.24) is 29.5 Å². The number of rotatable bonds is 8. The smallest absolute Gasteiger partial charge is 0.254 e. The highest BCUT2D eigenvalue weighted by Gasteiger charge is 2.26. The Morgan fingerprint density at radius 1 is 1.18 bits per heavy atom. The molecule has 200 valence electrons. The van der Waals surface area contributed by atoms with Crippen LogP contribution in [0.4, 0.5) is 5.69 Å². The first-order chi connectivity index (χ1) is 18.8. The number of hydrogen-bond acceptors (Lipinski definition) is 8. The number of nitrogens with zero attached hydrogens (tertiary/aromatic N) is 7. The number of likely N-dealkylation sites (tertiary alicyclic amines) is 1. The number of carbonyl (C=O) groups excluding carboxylic acids is 1. The van der Waals surface area contributed by atoms with Gasteiger partial charge in [0.25, 0.3) is 5.91 Å². The molecule has 0 radical (unpaired) electrons. The lowest BCUT2D eigenvalue weighted by Gasteiger charge is -2.38. The molecule has 0 aliphatic carbocycles. The van der Waals surface area contributed by atoms with Gasteiger partial charge in [0.1, 0.15) is 5.75 Å². The lowest BCUT2D eigenvalue weighted by Crippen LogP contribution is -2.54. The minimum Gasteiger partial charge on any atom is -0.508 e. The number of carbonyl (C=O) groups is 1. The fourth-order valence-corrected chi connectivity index (χ4v) is 4.98. The molecule has 0 saturated carbocycles. The van der Waals surface area contributed by atoms with Crippen LogP contribution in [0.25, 0.3) is 22.3 Å². The third-order valence-electron chi connectivity index (χ3n) is 7.24. The molecule has 4 aromatic rings. The van der Waals surface area contributed by atoms with Crippen molar-refractivity contribution in [2.45, 2.75) is 39.9 Å². The third kappa shape index (κ3) is 5.26. The van der Waals surface area contributed by atoms with Gasteiger partial charge in [0, 0.05) is 49.9 Å². The van der Waals surface area contributed by atoms with Crippen molar-refractivity contribution < 1.29 is 9.90 Å². The van der Waals surface area contributed by atoms with E-state index in [9.17, 15) is 9.90 Å². The monoisotopic (exact) mass is 524 g/mol. The van der Waals surface area contributed by atoms with Crippen molar-refractivity contribution in [1.29, 1.82) is 5.26 Å². The van der Waals surface area contributed by atoms with E-state index in [0.717, 1.165) is 42.3 Å². The average molecular weight is 525 g/mol. The molecule has 2 N–H and O–H groups in total. The van der Waals surface area contributed by atoms with E-state index < -0.39 is 0 Å². The predicted octanol–water partition coefficient (Wildman–Crippen LogP) is 3.73. The molecule has 1 fully saturated rings. The van der Waals surface area contributed by atoms with Crippen LogP contribution in [0, 0.1) is 25.2 Å². The summed E-state index contributed by atoms with van der Waals surface area (Å²) in [4.78, 5) is 27.0. The summed E-state index contributed by atoms with van der Waals surface area (Å²) in [6, 6.07) is 13.0. The van der Waals surface area contributed by atoms with Crippen molar-refractivity contribution in [2.24, 2.45) is 0 Å². The van der Waals surface area contributed by atoms with Gasteiger partial charge in [-0.15, -0.1) is 0 Å². The lowest BCUT2D eigenvalue weighted by atomic mass is 10.0. The maximum atomic E-state index is 13.7. The van der Waals surface area contributed by atoms with Crippen molar-refractivity contribution in [3.8, 4) is 23.2 Å². The molecule has 1 aliphatic heterocycles. The van der Waals surface area contributed by atoms with Gasteiger partial charge < -0.3 is 15.3 Å². The van der Waals surface area contributed by atoms with E-state index in [1.54, 1.807) is 42.4 Å². The van der Waals surface area contributed by atoms with Gasteiger partial charge >= 0.3 is 0 Å². The van der Waals surface area contributed by atoms with Crippen molar-refractivity contribution in [3.05, 3.63) is 65.1 Å². The van der Waals surface area contributed by atoms with Gasteiger partial charge in [-0.2, -0.15) is 10.4 Å². The standard InChI is InChI=1S/C29H32N8O2/c1-5-37-19(3)20(14-31-37)15-35(4)29(39)24-13-28(34-26-7-6-22(38)12-23(24)26)27-9-8-25(18(2)32-27)33-21-16-36(17-21)11-10-30/h6-9,12-14,21,33,38H,5,11,15-17H2,1-4H3. The highest BCUT2D eigenvalue weighted by Crippen LogP contribution is 2.29. The van der Waals surface area contributed by atoms with Gasteiger partial charge in [-0.3, -0.25) is 14.4 Å². The molecule has 1 aromatic carbocycles. The van der Waals surface area contributed by atoms with E-state index in [2.05, 4.69) is 21.4 Å². The number of aromatic nitrogens is 4. The van der Waals surface area contributed by atoms with E-state index >= 15 is 0 Å². The molecule has 3 aromatic heterocycles. The summed E-state index contributed by atoms with van der Waals surface area (Å²) in [6.45, 7) is 9.24. The first-order valence-electron chi connectivity index (χ1n) is 13.0. The van der Waals surface area contributed by atoms with Gasteiger partial charge in [-0.05, 0) is 57.2 Å². The molecular weight excluding hydrogens is 492 g/mol. The number of amides is 1. The molecule has 1 saturated heterocycles. The molecule has 4 heterocycles. The van der Waals surface area contributed by atoms with E-state index in [-0.39, 0.29) is 17.7 Å². The largest absolute Gasteiger partial charge is 0.508 e. The number of anilines is 1. The topological polar surface area (TPSA) is 123 Å². The van der Waals surface area contributed by atoms with Crippen LogP contribution in [-0.4, -0.2) is 73.3 Å². The second kappa shape index (κ2) is 10.7. The second-order valence-corrected chi connectivity index (χ2v) is 10.0. The summed E-state index contributed by atoms with van der Waals surface area (Å²) in [5, 5.41) is 27.5. The second-order valence-electron chi connectivity index (χ2n) is 10.0. The average Bonchev–Trinajstić information content (AvgIpc) is 3.26.